The van der Waals surface area contributed by atoms with E-state index in [1.807, 2.05) is 24.3 Å². The molecule has 1 amide bonds. The molecule has 3 rings (SSSR count). The Labute approximate surface area is 165 Å². The van der Waals surface area contributed by atoms with Crippen LogP contribution in [0.5, 0.6) is 5.75 Å². The highest BCUT2D eigenvalue weighted by Gasteiger charge is 2.15. The van der Waals surface area contributed by atoms with Gasteiger partial charge in [-0.3, -0.25) is 4.79 Å². The van der Waals surface area contributed by atoms with Gasteiger partial charge in [0.2, 0.25) is 0 Å². The van der Waals surface area contributed by atoms with Gasteiger partial charge in [-0.2, -0.15) is 0 Å². The van der Waals surface area contributed by atoms with E-state index in [1.165, 1.54) is 0 Å². The molecule has 6 nitrogen and oxygen atoms in total. The van der Waals surface area contributed by atoms with Crippen LogP contribution in [0.3, 0.4) is 0 Å². The Kier molecular flexibility index (Phi) is 5.89. The van der Waals surface area contributed by atoms with Gasteiger partial charge < -0.3 is 15.0 Å². The first-order valence-corrected chi connectivity index (χ1v) is 9.15. The lowest BCUT2D eigenvalue weighted by Crippen LogP contribution is -2.21. The van der Waals surface area contributed by atoms with Crippen LogP contribution >= 0.6 is 0 Å². The summed E-state index contributed by atoms with van der Waals surface area (Å²) in [5.41, 5.74) is 3.15. The summed E-state index contributed by atoms with van der Waals surface area (Å²) >= 11 is 0. The molecule has 28 heavy (non-hydrogen) atoms. The van der Waals surface area contributed by atoms with Crippen molar-refractivity contribution in [3.63, 3.8) is 0 Å². The van der Waals surface area contributed by atoms with Crippen molar-refractivity contribution in [2.75, 3.05) is 23.9 Å². The van der Waals surface area contributed by atoms with E-state index in [-0.39, 0.29) is 5.91 Å². The zero-order valence-electron chi connectivity index (χ0n) is 16.6. The number of carbonyl (C=O) groups excluding carboxylic acids is 1. The Morgan fingerprint density at radius 2 is 1.86 bits per heavy atom. The quantitative estimate of drug-likeness (QED) is 0.685. The van der Waals surface area contributed by atoms with Gasteiger partial charge in [0, 0.05) is 30.1 Å². The summed E-state index contributed by atoms with van der Waals surface area (Å²) in [5, 5.41) is 2.87. The van der Waals surface area contributed by atoms with E-state index in [0.29, 0.717) is 28.8 Å². The fourth-order valence-corrected chi connectivity index (χ4v) is 2.98. The minimum absolute atomic E-state index is 0.291. The summed E-state index contributed by atoms with van der Waals surface area (Å²) in [5.74, 6) is 1.62. The molecule has 0 spiro atoms. The van der Waals surface area contributed by atoms with E-state index in [4.69, 9.17) is 4.74 Å². The van der Waals surface area contributed by atoms with E-state index >= 15 is 0 Å². The van der Waals surface area contributed by atoms with Crippen molar-refractivity contribution in [2.45, 2.75) is 20.8 Å². The molecular formula is C22H24N4O2. The number of nitrogens with one attached hydrogen (secondary N) is 1. The highest BCUT2D eigenvalue weighted by molar-refractivity contribution is 6.03. The van der Waals surface area contributed by atoms with Crippen molar-refractivity contribution in [2.24, 2.45) is 0 Å². The Morgan fingerprint density at radius 3 is 2.57 bits per heavy atom. The van der Waals surface area contributed by atoms with Crippen molar-refractivity contribution in [1.29, 1.82) is 0 Å². The maximum Gasteiger partial charge on any atom is 0.274 e. The third-order valence-electron chi connectivity index (χ3n) is 4.29. The molecule has 1 heterocycles. The lowest BCUT2D eigenvalue weighted by atomic mass is 10.2. The molecule has 144 valence electrons. The van der Waals surface area contributed by atoms with Gasteiger partial charge in [-0.1, -0.05) is 18.2 Å². The molecule has 2 aromatic carbocycles. The summed E-state index contributed by atoms with van der Waals surface area (Å²) in [7, 11) is 1.59. The van der Waals surface area contributed by atoms with Gasteiger partial charge in [0.25, 0.3) is 5.91 Å². The Balaban J connectivity index is 1.90. The van der Waals surface area contributed by atoms with E-state index < -0.39 is 0 Å². The van der Waals surface area contributed by atoms with Crippen LogP contribution in [-0.2, 0) is 0 Å². The maximum atomic E-state index is 12.8. The van der Waals surface area contributed by atoms with Crippen LogP contribution in [0.25, 0.3) is 0 Å². The second-order valence-corrected chi connectivity index (χ2v) is 6.43. The lowest BCUT2D eigenvalue weighted by Gasteiger charge is -2.23. The average molecular weight is 376 g/mol. The van der Waals surface area contributed by atoms with Crippen LogP contribution in [0.4, 0.5) is 17.2 Å². The van der Waals surface area contributed by atoms with Gasteiger partial charge in [0.15, 0.2) is 0 Å². The van der Waals surface area contributed by atoms with E-state index in [1.54, 1.807) is 32.2 Å². The first kappa shape index (κ1) is 19.4. The summed E-state index contributed by atoms with van der Waals surface area (Å²) in [4.78, 5) is 23.7. The van der Waals surface area contributed by atoms with Crippen LogP contribution in [0, 0.1) is 13.8 Å². The molecule has 0 aliphatic heterocycles. The molecule has 0 fully saturated rings. The van der Waals surface area contributed by atoms with Gasteiger partial charge in [0.05, 0.1) is 7.11 Å². The molecule has 0 radical (unpaired) electrons. The number of nitrogens with zero attached hydrogens (tertiary/aromatic N) is 3. The molecule has 0 saturated carbocycles. The fourth-order valence-electron chi connectivity index (χ4n) is 2.98. The highest BCUT2D eigenvalue weighted by atomic mass is 16.5. The van der Waals surface area contributed by atoms with E-state index in [9.17, 15) is 4.79 Å². The minimum Gasteiger partial charge on any atom is -0.497 e. The van der Waals surface area contributed by atoms with Crippen molar-refractivity contribution >= 4 is 23.1 Å². The Morgan fingerprint density at radius 1 is 1.07 bits per heavy atom. The fraction of sp³-hybridized carbons (Fsp3) is 0.227. The number of hydrogen-bond acceptors (Lipinski definition) is 5. The number of aromatic nitrogens is 2. The molecule has 0 aliphatic carbocycles. The largest absolute Gasteiger partial charge is 0.497 e. The van der Waals surface area contributed by atoms with Gasteiger partial charge >= 0.3 is 0 Å². The zero-order chi connectivity index (χ0) is 20.1. The SMILES string of the molecule is CCN(c1cccc(C)c1)c1cc(C(=O)Nc2cccc(OC)c2)nc(C)n1. The predicted molar refractivity (Wildman–Crippen MR) is 112 cm³/mol. The normalized spacial score (nSPS) is 10.4. The molecule has 3 aromatic rings. The molecule has 0 bridgehead atoms. The second kappa shape index (κ2) is 8.52. The van der Waals surface area contributed by atoms with Crippen LogP contribution in [0.1, 0.15) is 28.8 Å². The van der Waals surface area contributed by atoms with Crippen LogP contribution < -0.4 is 15.0 Å². The molecule has 0 atom stereocenters. The van der Waals surface area contributed by atoms with Crippen molar-refractivity contribution < 1.29 is 9.53 Å². The Bertz CT molecular complexity index is 988. The van der Waals surface area contributed by atoms with Crippen LogP contribution in [0.15, 0.2) is 54.6 Å². The smallest absolute Gasteiger partial charge is 0.274 e. The number of ether oxygens (including phenoxy) is 1. The maximum absolute atomic E-state index is 12.8. The van der Waals surface area contributed by atoms with Gasteiger partial charge in [-0.15, -0.1) is 0 Å². The number of benzene rings is 2. The molecule has 0 saturated heterocycles. The number of rotatable bonds is 6. The number of hydrogen-bond donors (Lipinski definition) is 1. The number of amides is 1. The summed E-state index contributed by atoms with van der Waals surface area (Å²) in [6, 6.07) is 17.1. The van der Waals surface area contributed by atoms with Crippen molar-refractivity contribution in [3.8, 4) is 5.75 Å². The summed E-state index contributed by atoms with van der Waals surface area (Å²) in [6.45, 7) is 6.61. The predicted octanol–water partition coefficient (Wildman–Crippen LogP) is 4.51. The average Bonchev–Trinajstić information content (AvgIpc) is 2.68. The first-order chi connectivity index (χ1) is 13.5. The van der Waals surface area contributed by atoms with Crippen molar-refractivity contribution in [1.82, 2.24) is 9.97 Å². The molecule has 1 N–H and O–H groups in total. The second-order valence-electron chi connectivity index (χ2n) is 6.43. The molecular weight excluding hydrogens is 352 g/mol. The van der Waals surface area contributed by atoms with Crippen LogP contribution in [0.2, 0.25) is 0 Å². The first-order valence-electron chi connectivity index (χ1n) is 9.15. The van der Waals surface area contributed by atoms with E-state index in [0.717, 1.165) is 17.8 Å². The lowest BCUT2D eigenvalue weighted by molar-refractivity contribution is 0.102. The summed E-state index contributed by atoms with van der Waals surface area (Å²) < 4.78 is 5.20. The number of aryl methyl sites for hydroxylation is 2. The van der Waals surface area contributed by atoms with Crippen LogP contribution in [-0.4, -0.2) is 29.5 Å². The standard InChI is InChI=1S/C22H24N4O2/c1-5-26(18-10-6-8-15(2)12-18)21-14-20(23-16(3)24-21)22(27)25-17-9-7-11-19(13-17)28-4/h6-14H,5H2,1-4H3,(H,25,27). The van der Waals surface area contributed by atoms with Gasteiger partial charge in [-0.05, 0) is 50.6 Å². The molecule has 6 heteroatoms. The zero-order valence-corrected chi connectivity index (χ0v) is 16.6. The number of carbonyl (C=O) groups is 1. The molecule has 0 unspecified atom stereocenters. The number of methoxy groups -OCH3 is 1. The monoisotopic (exact) mass is 376 g/mol. The topological polar surface area (TPSA) is 67.4 Å². The van der Waals surface area contributed by atoms with Crippen molar-refractivity contribution in [3.05, 3.63) is 71.7 Å². The molecule has 1 aromatic heterocycles. The molecule has 0 aliphatic rings. The highest BCUT2D eigenvalue weighted by Crippen LogP contribution is 2.25. The van der Waals surface area contributed by atoms with Gasteiger partial charge in [-0.25, -0.2) is 9.97 Å². The third-order valence-corrected chi connectivity index (χ3v) is 4.29. The van der Waals surface area contributed by atoms with Gasteiger partial charge in [0.1, 0.15) is 23.1 Å². The Hall–Kier alpha value is -3.41. The minimum atomic E-state index is -0.291. The third kappa shape index (κ3) is 4.46. The number of anilines is 3. The van der Waals surface area contributed by atoms with E-state index in [2.05, 4.69) is 46.2 Å². The summed E-state index contributed by atoms with van der Waals surface area (Å²) in [6.07, 6.45) is 0.